The number of ether oxygens (including phenoxy) is 1. The summed E-state index contributed by atoms with van der Waals surface area (Å²) in [6, 6.07) is 0. The smallest absolute Gasteiger partial charge is 0.327 e. The van der Waals surface area contributed by atoms with Gasteiger partial charge in [0.1, 0.15) is 5.54 Å². The van der Waals surface area contributed by atoms with E-state index in [1.165, 1.54) is 19.3 Å². The maximum atomic E-state index is 12.3. The van der Waals surface area contributed by atoms with Gasteiger partial charge in [-0.1, -0.05) is 20.8 Å². The highest BCUT2D eigenvalue weighted by molar-refractivity contribution is 5.80. The van der Waals surface area contributed by atoms with Gasteiger partial charge in [-0.2, -0.15) is 0 Å². The summed E-state index contributed by atoms with van der Waals surface area (Å²) in [7, 11) is 0. The van der Waals surface area contributed by atoms with E-state index in [4.69, 9.17) is 4.74 Å². The standard InChI is InChI=1S/C17H34N2O2/c1-6-18-17(5,16(20)21-7-2)13-19-11-8-9-15(10-12-19)14(3)4/h14-15,18H,6-13H2,1-5H3. The molecule has 21 heavy (non-hydrogen) atoms. The van der Waals surface area contributed by atoms with E-state index >= 15 is 0 Å². The van der Waals surface area contributed by atoms with Gasteiger partial charge in [0.25, 0.3) is 0 Å². The first kappa shape index (κ1) is 18.4. The SMILES string of the molecule is CCNC(C)(CN1CCCC(C(C)C)CC1)C(=O)OCC. The highest BCUT2D eigenvalue weighted by Crippen LogP contribution is 2.25. The molecule has 0 amide bonds. The maximum Gasteiger partial charge on any atom is 0.327 e. The lowest BCUT2D eigenvalue weighted by atomic mass is 9.89. The van der Waals surface area contributed by atoms with E-state index in [2.05, 4.69) is 24.1 Å². The molecular formula is C17H34N2O2. The van der Waals surface area contributed by atoms with Crippen LogP contribution in [0.5, 0.6) is 0 Å². The Bertz CT molecular complexity index is 320. The summed E-state index contributed by atoms with van der Waals surface area (Å²) in [6.45, 7) is 14.6. The molecule has 4 nitrogen and oxygen atoms in total. The van der Waals surface area contributed by atoms with Crippen molar-refractivity contribution >= 4 is 5.97 Å². The first-order chi connectivity index (χ1) is 9.92. The summed E-state index contributed by atoms with van der Waals surface area (Å²) in [5, 5.41) is 3.33. The second kappa shape index (κ2) is 8.74. The van der Waals surface area contributed by atoms with Crippen LogP contribution in [-0.4, -0.2) is 49.2 Å². The summed E-state index contributed by atoms with van der Waals surface area (Å²) < 4.78 is 5.26. The molecule has 1 fully saturated rings. The van der Waals surface area contributed by atoms with Gasteiger partial charge in [-0.05, 0) is 64.6 Å². The van der Waals surface area contributed by atoms with Crippen LogP contribution < -0.4 is 5.32 Å². The molecule has 1 saturated heterocycles. The van der Waals surface area contributed by atoms with Gasteiger partial charge in [-0.15, -0.1) is 0 Å². The van der Waals surface area contributed by atoms with Gasteiger partial charge < -0.3 is 15.0 Å². The molecular weight excluding hydrogens is 264 g/mol. The van der Waals surface area contributed by atoms with Crippen LogP contribution >= 0.6 is 0 Å². The van der Waals surface area contributed by atoms with Gasteiger partial charge in [0.15, 0.2) is 0 Å². The third-order valence-corrected chi connectivity index (χ3v) is 4.64. The lowest BCUT2D eigenvalue weighted by Crippen LogP contribution is -2.57. The molecule has 1 aliphatic rings. The predicted octanol–water partition coefficient (Wildman–Crippen LogP) is 2.68. The fourth-order valence-electron chi connectivity index (χ4n) is 3.33. The van der Waals surface area contributed by atoms with Crippen molar-refractivity contribution in [3.8, 4) is 0 Å². The molecule has 2 unspecified atom stereocenters. The van der Waals surface area contributed by atoms with Crippen LogP contribution in [0.15, 0.2) is 0 Å². The topological polar surface area (TPSA) is 41.6 Å². The quantitative estimate of drug-likeness (QED) is 0.734. The van der Waals surface area contributed by atoms with E-state index in [9.17, 15) is 4.79 Å². The van der Waals surface area contributed by atoms with Crippen LogP contribution in [0.4, 0.5) is 0 Å². The molecule has 0 aromatic rings. The Morgan fingerprint density at radius 3 is 2.62 bits per heavy atom. The molecule has 0 aromatic heterocycles. The third kappa shape index (κ3) is 5.59. The number of carbonyl (C=O) groups excluding carboxylic acids is 1. The highest BCUT2D eigenvalue weighted by atomic mass is 16.5. The van der Waals surface area contributed by atoms with E-state index in [1.54, 1.807) is 0 Å². The molecule has 4 heteroatoms. The van der Waals surface area contributed by atoms with Crippen LogP contribution in [0.1, 0.15) is 53.9 Å². The average Bonchev–Trinajstić information content (AvgIpc) is 2.65. The number of rotatable bonds is 7. The Hall–Kier alpha value is -0.610. The van der Waals surface area contributed by atoms with Crippen LogP contribution in [0.25, 0.3) is 0 Å². The van der Waals surface area contributed by atoms with Gasteiger partial charge in [0, 0.05) is 6.54 Å². The van der Waals surface area contributed by atoms with E-state index < -0.39 is 5.54 Å². The summed E-state index contributed by atoms with van der Waals surface area (Å²) in [4.78, 5) is 14.7. The van der Waals surface area contributed by atoms with Crippen molar-refractivity contribution in [2.24, 2.45) is 11.8 Å². The zero-order chi connectivity index (χ0) is 15.9. The number of likely N-dealkylation sites (N-methyl/N-ethyl adjacent to an activating group) is 1. The van der Waals surface area contributed by atoms with Crippen molar-refractivity contribution in [1.29, 1.82) is 0 Å². The zero-order valence-electron chi connectivity index (χ0n) is 14.6. The summed E-state index contributed by atoms with van der Waals surface area (Å²) >= 11 is 0. The fourth-order valence-corrected chi connectivity index (χ4v) is 3.33. The molecule has 0 saturated carbocycles. The van der Waals surface area contributed by atoms with Crippen molar-refractivity contribution in [3.63, 3.8) is 0 Å². The van der Waals surface area contributed by atoms with Gasteiger partial charge in [0.05, 0.1) is 6.61 Å². The Kier molecular flexibility index (Phi) is 7.67. The van der Waals surface area contributed by atoms with Crippen molar-refractivity contribution < 1.29 is 9.53 Å². The van der Waals surface area contributed by atoms with Crippen molar-refractivity contribution in [1.82, 2.24) is 10.2 Å². The molecule has 2 atom stereocenters. The summed E-state index contributed by atoms with van der Waals surface area (Å²) in [5.41, 5.74) is -0.595. The van der Waals surface area contributed by atoms with E-state index in [-0.39, 0.29) is 5.97 Å². The molecule has 0 radical (unpaired) electrons. The molecule has 1 aliphatic heterocycles. The normalized spacial score (nSPS) is 23.6. The largest absolute Gasteiger partial charge is 0.465 e. The Labute approximate surface area is 130 Å². The predicted molar refractivity (Wildman–Crippen MR) is 87.3 cm³/mol. The summed E-state index contributed by atoms with van der Waals surface area (Å²) in [5.74, 6) is 1.45. The second-order valence-electron chi connectivity index (χ2n) is 6.79. The van der Waals surface area contributed by atoms with E-state index in [1.807, 2.05) is 20.8 Å². The molecule has 0 spiro atoms. The average molecular weight is 298 g/mol. The zero-order valence-corrected chi connectivity index (χ0v) is 14.6. The maximum absolute atomic E-state index is 12.3. The Morgan fingerprint density at radius 1 is 1.33 bits per heavy atom. The molecule has 0 bridgehead atoms. The van der Waals surface area contributed by atoms with Crippen LogP contribution in [-0.2, 0) is 9.53 Å². The highest BCUT2D eigenvalue weighted by Gasteiger charge is 2.36. The number of carbonyl (C=O) groups is 1. The summed E-state index contributed by atoms with van der Waals surface area (Å²) in [6.07, 6.45) is 3.78. The minimum Gasteiger partial charge on any atom is -0.465 e. The first-order valence-corrected chi connectivity index (χ1v) is 8.57. The van der Waals surface area contributed by atoms with Crippen molar-refractivity contribution in [3.05, 3.63) is 0 Å². The number of nitrogens with one attached hydrogen (secondary N) is 1. The Balaban J connectivity index is 2.64. The number of likely N-dealkylation sites (tertiary alicyclic amines) is 1. The van der Waals surface area contributed by atoms with Crippen molar-refractivity contribution in [2.75, 3.05) is 32.8 Å². The molecule has 124 valence electrons. The lowest BCUT2D eigenvalue weighted by Gasteiger charge is -2.33. The number of nitrogens with zero attached hydrogens (tertiary/aromatic N) is 1. The molecule has 1 N–H and O–H groups in total. The lowest BCUT2D eigenvalue weighted by molar-refractivity contribution is -0.151. The minimum atomic E-state index is -0.595. The van der Waals surface area contributed by atoms with Gasteiger partial charge >= 0.3 is 5.97 Å². The molecule has 1 heterocycles. The number of hydrogen-bond acceptors (Lipinski definition) is 4. The monoisotopic (exact) mass is 298 g/mol. The second-order valence-corrected chi connectivity index (χ2v) is 6.79. The van der Waals surface area contributed by atoms with E-state index in [0.717, 1.165) is 38.0 Å². The fraction of sp³-hybridized carbons (Fsp3) is 0.941. The van der Waals surface area contributed by atoms with Crippen LogP contribution in [0.2, 0.25) is 0 Å². The van der Waals surface area contributed by atoms with Gasteiger partial charge in [0.2, 0.25) is 0 Å². The third-order valence-electron chi connectivity index (χ3n) is 4.64. The number of hydrogen-bond donors (Lipinski definition) is 1. The van der Waals surface area contributed by atoms with Crippen LogP contribution in [0.3, 0.4) is 0 Å². The van der Waals surface area contributed by atoms with Gasteiger partial charge in [-0.3, -0.25) is 4.79 Å². The molecule has 0 aliphatic carbocycles. The Morgan fingerprint density at radius 2 is 2.05 bits per heavy atom. The van der Waals surface area contributed by atoms with Gasteiger partial charge in [-0.25, -0.2) is 0 Å². The number of esters is 1. The molecule has 0 aromatic carbocycles. The minimum absolute atomic E-state index is 0.128. The molecule has 1 rings (SSSR count). The first-order valence-electron chi connectivity index (χ1n) is 8.57. The van der Waals surface area contributed by atoms with Crippen LogP contribution in [0, 0.1) is 11.8 Å². The van der Waals surface area contributed by atoms with E-state index in [0.29, 0.717) is 6.61 Å². The van der Waals surface area contributed by atoms with Crippen molar-refractivity contribution in [2.45, 2.75) is 59.4 Å².